The highest BCUT2D eigenvalue weighted by Crippen LogP contribution is 2.26. The number of carbonyl (C=O) groups excluding carboxylic acids is 2. The van der Waals surface area contributed by atoms with Crippen LogP contribution in [0.15, 0.2) is 24.3 Å². The van der Waals surface area contributed by atoms with E-state index in [9.17, 15) is 9.59 Å². The third kappa shape index (κ3) is 3.48. The van der Waals surface area contributed by atoms with Gasteiger partial charge in [0.05, 0.1) is 41.5 Å². The molecule has 26 heavy (non-hydrogen) atoms. The Morgan fingerprint density at radius 1 is 0.692 bits per heavy atom. The lowest BCUT2D eigenvalue weighted by Crippen LogP contribution is -2.59. The van der Waals surface area contributed by atoms with Gasteiger partial charge in [-0.25, -0.2) is 9.59 Å². The third-order valence-corrected chi connectivity index (χ3v) is 8.76. The van der Waals surface area contributed by atoms with Gasteiger partial charge in [-0.15, -0.1) is 0 Å². The molecule has 0 unspecified atom stereocenters. The van der Waals surface area contributed by atoms with Crippen LogP contribution in [0.5, 0.6) is 0 Å². The second-order valence-corrected chi connectivity index (χ2v) is 18.5. The van der Waals surface area contributed by atoms with Gasteiger partial charge in [0.25, 0.3) is 0 Å². The van der Waals surface area contributed by atoms with Crippen LogP contribution in [0.1, 0.15) is 20.7 Å². The maximum atomic E-state index is 12.9. The fourth-order valence-electron chi connectivity index (χ4n) is 3.59. The van der Waals surface area contributed by atoms with Crippen molar-refractivity contribution >= 4 is 49.2 Å². The summed E-state index contributed by atoms with van der Waals surface area (Å²) < 4.78 is 10.2. The molecule has 2 aromatic carbocycles. The van der Waals surface area contributed by atoms with Gasteiger partial charge in [0.15, 0.2) is 0 Å². The van der Waals surface area contributed by atoms with E-state index in [1.54, 1.807) is 0 Å². The Morgan fingerprint density at radius 2 is 1.12 bits per heavy atom. The zero-order valence-electron chi connectivity index (χ0n) is 16.9. The molecule has 0 bridgehead atoms. The summed E-state index contributed by atoms with van der Waals surface area (Å²) >= 11 is 0. The quantitative estimate of drug-likeness (QED) is 0.594. The lowest BCUT2D eigenvalue weighted by molar-refractivity contribution is 0.0558. The van der Waals surface area contributed by atoms with Crippen molar-refractivity contribution in [1.29, 1.82) is 0 Å². The van der Waals surface area contributed by atoms with Gasteiger partial charge in [0.2, 0.25) is 0 Å². The molecule has 0 amide bonds. The molecule has 0 fully saturated rings. The first-order chi connectivity index (χ1) is 11.9. The van der Waals surface area contributed by atoms with E-state index in [2.05, 4.69) is 45.3 Å². The molecule has 0 saturated carbocycles. The monoisotopic (exact) mass is 388 g/mol. The van der Waals surface area contributed by atoms with E-state index in [4.69, 9.17) is 9.47 Å². The lowest BCUT2D eigenvalue weighted by atomic mass is 9.98. The standard InChI is InChI=1S/C20H28O4Si2/c1-23-19(21)15-13-11-9-10-12-14(13)17(25(3,4)5)18(26(6,7)8)16(15)20(22)24-2/h9-12H,1-8H3. The minimum Gasteiger partial charge on any atom is -0.465 e. The van der Waals surface area contributed by atoms with E-state index in [0.29, 0.717) is 11.1 Å². The van der Waals surface area contributed by atoms with Gasteiger partial charge in [0, 0.05) is 0 Å². The van der Waals surface area contributed by atoms with Crippen molar-refractivity contribution in [3.63, 3.8) is 0 Å². The number of benzene rings is 2. The zero-order valence-corrected chi connectivity index (χ0v) is 18.9. The summed E-state index contributed by atoms with van der Waals surface area (Å²) in [7, 11) is -1.12. The van der Waals surface area contributed by atoms with Gasteiger partial charge >= 0.3 is 11.9 Å². The van der Waals surface area contributed by atoms with Crippen molar-refractivity contribution in [2.75, 3.05) is 14.2 Å². The number of fused-ring (bicyclic) bond motifs is 1. The second-order valence-electron chi connectivity index (χ2n) is 8.53. The maximum absolute atomic E-state index is 12.9. The van der Waals surface area contributed by atoms with Crippen molar-refractivity contribution in [3.8, 4) is 0 Å². The zero-order chi connectivity index (χ0) is 19.9. The molecule has 0 saturated heterocycles. The number of methoxy groups -OCH3 is 2. The van der Waals surface area contributed by atoms with Crippen LogP contribution in [-0.2, 0) is 9.47 Å². The third-order valence-electron chi connectivity index (χ3n) is 4.49. The largest absolute Gasteiger partial charge is 0.465 e. The topological polar surface area (TPSA) is 52.6 Å². The predicted octanol–water partition coefficient (Wildman–Crippen LogP) is 3.50. The molecule has 0 N–H and O–H groups in total. The molecule has 0 aromatic heterocycles. The summed E-state index contributed by atoms with van der Waals surface area (Å²) in [4.78, 5) is 25.6. The van der Waals surface area contributed by atoms with Crippen LogP contribution < -0.4 is 10.4 Å². The van der Waals surface area contributed by atoms with Crippen molar-refractivity contribution < 1.29 is 19.1 Å². The smallest absolute Gasteiger partial charge is 0.339 e. The molecule has 0 spiro atoms. The molecule has 0 radical (unpaired) electrons. The Hall–Kier alpha value is -1.93. The van der Waals surface area contributed by atoms with Gasteiger partial charge in [-0.1, -0.05) is 68.7 Å². The van der Waals surface area contributed by atoms with Crippen LogP contribution >= 0.6 is 0 Å². The van der Waals surface area contributed by atoms with Gasteiger partial charge in [-0.05, 0) is 16.0 Å². The number of carbonyl (C=O) groups is 2. The summed E-state index contributed by atoms with van der Waals surface area (Å²) in [5, 5.41) is 4.10. The first kappa shape index (κ1) is 20.4. The van der Waals surface area contributed by atoms with Crippen LogP contribution in [0, 0.1) is 0 Å². The average Bonchev–Trinajstić information content (AvgIpc) is 2.56. The van der Waals surface area contributed by atoms with Gasteiger partial charge < -0.3 is 9.47 Å². The van der Waals surface area contributed by atoms with Crippen molar-refractivity contribution in [3.05, 3.63) is 35.4 Å². The van der Waals surface area contributed by atoms with Gasteiger partial charge in [-0.3, -0.25) is 0 Å². The molecule has 0 aliphatic carbocycles. The highest BCUT2D eigenvalue weighted by molar-refractivity contribution is 7.00. The first-order valence-corrected chi connectivity index (χ1v) is 15.7. The molecule has 140 valence electrons. The normalized spacial score (nSPS) is 12.2. The average molecular weight is 389 g/mol. The van der Waals surface area contributed by atoms with Crippen LogP contribution in [-0.4, -0.2) is 42.3 Å². The Bertz CT molecular complexity index is 874. The van der Waals surface area contributed by atoms with Crippen LogP contribution in [0.2, 0.25) is 39.3 Å². The Balaban J connectivity index is 3.27. The summed E-state index contributed by atoms with van der Waals surface area (Å²) in [5.74, 6) is -0.962. The van der Waals surface area contributed by atoms with Gasteiger partial charge in [-0.2, -0.15) is 0 Å². The number of rotatable bonds is 4. The summed E-state index contributed by atoms with van der Waals surface area (Å²) in [6.45, 7) is 13.4. The molecule has 0 aliphatic heterocycles. The number of hydrogen-bond acceptors (Lipinski definition) is 4. The van der Waals surface area contributed by atoms with Crippen molar-refractivity contribution in [1.82, 2.24) is 0 Å². The van der Waals surface area contributed by atoms with E-state index in [1.165, 1.54) is 19.4 Å². The fraction of sp³-hybridized carbons (Fsp3) is 0.400. The molecular weight excluding hydrogens is 360 g/mol. The van der Waals surface area contributed by atoms with Crippen LogP contribution in [0.25, 0.3) is 10.8 Å². The van der Waals surface area contributed by atoms with Gasteiger partial charge in [0.1, 0.15) is 0 Å². The van der Waals surface area contributed by atoms with Crippen molar-refractivity contribution in [2.45, 2.75) is 39.3 Å². The van der Waals surface area contributed by atoms with E-state index >= 15 is 0 Å². The Morgan fingerprint density at radius 3 is 1.54 bits per heavy atom. The molecule has 0 atom stereocenters. The first-order valence-electron chi connectivity index (χ1n) is 8.71. The minimum absolute atomic E-state index is 0.328. The van der Waals surface area contributed by atoms with Crippen LogP contribution in [0.3, 0.4) is 0 Å². The molecule has 6 heteroatoms. The maximum Gasteiger partial charge on any atom is 0.339 e. The molecule has 0 heterocycles. The minimum atomic E-state index is -1.99. The summed E-state index contributed by atoms with van der Waals surface area (Å²) in [6, 6.07) is 7.82. The summed E-state index contributed by atoms with van der Waals surface area (Å²) in [6.07, 6.45) is 0. The molecule has 0 aliphatic rings. The Labute approximate surface area is 157 Å². The van der Waals surface area contributed by atoms with E-state index in [-0.39, 0.29) is 0 Å². The summed E-state index contributed by atoms with van der Waals surface area (Å²) in [5.41, 5.74) is 0.726. The van der Waals surface area contributed by atoms with Crippen LogP contribution in [0.4, 0.5) is 0 Å². The lowest BCUT2D eigenvalue weighted by Gasteiger charge is -2.32. The number of hydrogen-bond donors (Lipinski definition) is 0. The van der Waals surface area contributed by atoms with E-state index in [0.717, 1.165) is 16.0 Å². The highest BCUT2D eigenvalue weighted by atomic mass is 28.3. The number of esters is 2. The molecule has 2 rings (SSSR count). The molecular formula is C20H28O4Si2. The Kier molecular flexibility index (Phi) is 5.49. The highest BCUT2D eigenvalue weighted by Gasteiger charge is 2.38. The van der Waals surface area contributed by atoms with E-state index < -0.39 is 28.1 Å². The number of ether oxygens (including phenoxy) is 2. The molecule has 4 nitrogen and oxygen atoms in total. The van der Waals surface area contributed by atoms with E-state index in [1.807, 2.05) is 18.2 Å². The second kappa shape index (κ2) is 7.00. The molecule has 2 aromatic rings. The fourth-order valence-corrected chi connectivity index (χ4v) is 9.60. The SMILES string of the molecule is COC(=O)c1c([Si](C)(C)C)c([Si](C)(C)C)c2ccccc2c1C(=O)OC. The van der Waals surface area contributed by atoms with Crippen molar-refractivity contribution in [2.24, 2.45) is 0 Å². The predicted molar refractivity (Wildman–Crippen MR) is 113 cm³/mol.